The predicted molar refractivity (Wildman–Crippen MR) is 114 cm³/mol. The van der Waals surface area contributed by atoms with Crippen LogP contribution in [0.3, 0.4) is 0 Å². The fourth-order valence-corrected chi connectivity index (χ4v) is 5.65. The molecule has 0 saturated carbocycles. The first-order valence-corrected chi connectivity index (χ1v) is 12.2. The highest BCUT2D eigenvalue weighted by Gasteiger charge is 2.32. The fraction of sp³-hybridized carbons (Fsp3) is 0.500. The number of carbonyl (C=O) groups excluding carboxylic acids is 1. The second kappa shape index (κ2) is 8.29. The van der Waals surface area contributed by atoms with E-state index in [1.165, 1.54) is 0 Å². The molecule has 1 saturated heterocycles. The number of nitrogens with zero attached hydrogens (tertiary/aromatic N) is 2. The Bertz CT molecular complexity index is 931. The van der Waals surface area contributed by atoms with Crippen molar-refractivity contribution in [1.29, 1.82) is 0 Å². The number of amides is 1. The molecule has 3 rings (SSSR count). The molecule has 0 unspecified atom stereocenters. The maximum absolute atomic E-state index is 12.5. The molecule has 0 aliphatic carbocycles. The number of carbonyl (C=O) groups is 1. The van der Waals surface area contributed by atoms with Gasteiger partial charge in [0.15, 0.2) is 9.84 Å². The summed E-state index contributed by atoms with van der Waals surface area (Å²) < 4.78 is 25.5. The molecule has 1 atom stereocenters. The lowest BCUT2D eigenvalue weighted by Crippen LogP contribution is -2.20. The lowest BCUT2D eigenvalue weighted by molar-refractivity contribution is -0.115. The highest BCUT2D eigenvalue weighted by Crippen LogP contribution is 2.31. The standard InChI is InChI=1S/C20H27N3O3S2/c1-20(2,3)17-13-18(23(22-17)15-10-12-28(25,26)14-15)21-19(24)9-11-27-16-7-5-4-6-8-16/h4-8,13,15H,9-12,14H2,1-3H3,(H,21,24)/t15-/m0/s1. The van der Waals surface area contributed by atoms with Crippen molar-refractivity contribution in [3.05, 3.63) is 42.1 Å². The minimum absolute atomic E-state index is 0.0744. The van der Waals surface area contributed by atoms with Crippen LogP contribution in [0.2, 0.25) is 0 Å². The Morgan fingerprint density at radius 3 is 2.61 bits per heavy atom. The predicted octanol–water partition coefficient (Wildman–Crippen LogP) is 3.66. The Morgan fingerprint density at radius 1 is 1.29 bits per heavy atom. The molecular formula is C20H27N3O3S2. The zero-order valence-corrected chi connectivity index (χ0v) is 18.1. The molecule has 8 heteroatoms. The molecule has 1 aliphatic rings. The maximum Gasteiger partial charge on any atom is 0.226 e. The number of hydrogen-bond donors (Lipinski definition) is 1. The third-order valence-electron chi connectivity index (χ3n) is 4.67. The van der Waals surface area contributed by atoms with E-state index >= 15 is 0 Å². The molecule has 6 nitrogen and oxygen atoms in total. The maximum atomic E-state index is 12.5. The van der Waals surface area contributed by atoms with Gasteiger partial charge < -0.3 is 5.32 Å². The van der Waals surface area contributed by atoms with Gasteiger partial charge in [0.1, 0.15) is 5.82 Å². The van der Waals surface area contributed by atoms with Crippen LogP contribution in [0.4, 0.5) is 5.82 Å². The van der Waals surface area contributed by atoms with E-state index in [4.69, 9.17) is 0 Å². The van der Waals surface area contributed by atoms with E-state index in [1.807, 2.05) is 57.2 Å². The molecule has 1 aliphatic heterocycles. The van der Waals surface area contributed by atoms with E-state index in [9.17, 15) is 13.2 Å². The Kier molecular flexibility index (Phi) is 6.19. The number of sulfone groups is 1. The average Bonchev–Trinajstić information content (AvgIpc) is 3.18. The van der Waals surface area contributed by atoms with Crippen LogP contribution in [0.15, 0.2) is 41.3 Å². The summed E-state index contributed by atoms with van der Waals surface area (Å²) in [6.45, 7) is 6.15. The molecular weight excluding hydrogens is 394 g/mol. The van der Waals surface area contributed by atoms with Crippen LogP contribution in [0.25, 0.3) is 0 Å². The average molecular weight is 422 g/mol. The van der Waals surface area contributed by atoms with Gasteiger partial charge in [-0.1, -0.05) is 39.0 Å². The number of hydrogen-bond acceptors (Lipinski definition) is 5. The summed E-state index contributed by atoms with van der Waals surface area (Å²) >= 11 is 1.64. The smallest absolute Gasteiger partial charge is 0.226 e. The molecule has 1 N–H and O–H groups in total. The topological polar surface area (TPSA) is 81.1 Å². The van der Waals surface area contributed by atoms with Gasteiger partial charge in [-0.15, -0.1) is 11.8 Å². The highest BCUT2D eigenvalue weighted by molar-refractivity contribution is 7.99. The quantitative estimate of drug-likeness (QED) is 0.720. The van der Waals surface area contributed by atoms with E-state index < -0.39 is 9.84 Å². The molecule has 2 heterocycles. The van der Waals surface area contributed by atoms with Gasteiger partial charge in [-0.3, -0.25) is 4.79 Å². The van der Waals surface area contributed by atoms with Gasteiger partial charge in [0, 0.05) is 28.6 Å². The molecule has 28 heavy (non-hydrogen) atoms. The number of nitrogens with one attached hydrogen (secondary N) is 1. The first kappa shape index (κ1) is 20.9. The Morgan fingerprint density at radius 2 is 2.00 bits per heavy atom. The monoisotopic (exact) mass is 421 g/mol. The molecule has 0 spiro atoms. The van der Waals surface area contributed by atoms with Gasteiger partial charge in [0.2, 0.25) is 5.91 Å². The van der Waals surface area contributed by atoms with E-state index in [-0.39, 0.29) is 28.9 Å². The van der Waals surface area contributed by atoms with E-state index in [1.54, 1.807) is 16.4 Å². The SMILES string of the molecule is CC(C)(C)c1cc(NC(=O)CCSc2ccccc2)n([C@H]2CCS(=O)(=O)C2)n1. The van der Waals surface area contributed by atoms with E-state index in [2.05, 4.69) is 10.4 Å². The lowest BCUT2D eigenvalue weighted by atomic mass is 9.92. The molecule has 1 aromatic heterocycles. The van der Waals surface area contributed by atoms with Crippen molar-refractivity contribution in [3.63, 3.8) is 0 Å². The van der Waals surface area contributed by atoms with Crippen LogP contribution in [0.5, 0.6) is 0 Å². The number of aromatic nitrogens is 2. The fourth-order valence-electron chi connectivity index (χ4n) is 3.08. The molecule has 2 aromatic rings. The summed E-state index contributed by atoms with van der Waals surface area (Å²) in [5, 5.41) is 7.59. The van der Waals surface area contributed by atoms with Gasteiger partial charge >= 0.3 is 0 Å². The minimum Gasteiger partial charge on any atom is -0.311 e. The second-order valence-corrected chi connectivity index (χ2v) is 11.5. The highest BCUT2D eigenvalue weighted by atomic mass is 32.2. The van der Waals surface area contributed by atoms with Gasteiger partial charge in [-0.05, 0) is 18.6 Å². The van der Waals surface area contributed by atoms with E-state index in [0.29, 0.717) is 24.4 Å². The minimum atomic E-state index is -3.04. The van der Waals surface area contributed by atoms with Gasteiger partial charge in [0.05, 0.1) is 23.2 Å². The molecule has 0 bridgehead atoms. The van der Waals surface area contributed by atoms with Crippen molar-refractivity contribution in [2.45, 2.75) is 50.0 Å². The number of thioether (sulfide) groups is 1. The van der Waals surface area contributed by atoms with Crippen LogP contribution in [0.1, 0.15) is 45.3 Å². The Hall–Kier alpha value is -1.80. The van der Waals surface area contributed by atoms with Gasteiger partial charge in [0.25, 0.3) is 0 Å². The van der Waals surface area contributed by atoms with Gasteiger partial charge in [-0.2, -0.15) is 5.10 Å². The normalized spacial score (nSPS) is 18.9. The summed E-state index contributed by atoms with van der Waals surface area (Å²) in [4.78, 5) is 13.6. The van der Waals surface area contributed by atoms with Crippen LogP contribution in [-0.2, 0) is 20.0 Å². The lowest BCUT2D eigenvalue weighted by Gasteiger charge is -2.15. The molecule has 1 aromatic carbocycles. The third kappa shape index (κ3) is 5.38. The Balaban J connectivity index is 1.69. The van der Waals surface area contributed by atoms with Crippen molar-refractivity contribution in [1.82, 2.24) is 9.78 Å². The van der Waals surface area contributed by atoms with Crippen molar-refractivity contribution in [3.8, 4) is 0 Å². The number of rotatable bonds is 6. The van der Waals surface area contributed by atoms with Crippen LogP contribution >= 0.6 is 11.8 Å². The second-order valence-electron chi connectivity index (χ2n) is 8.13. The third-order valence-corrected chi connectivity index (χ3v) is 7.43. The summed E-state index contributed by atoms with van der Waals surface area (Å²) in [5.74, 6) is 1.41. The Labute approximate surface area is 171 Å². The summed E-state index contributed by atoms with van der Waals surface area (Å²) in [5.41, 5.74) is 0.650. The number of anilines is 1. The zero-order valence-electron chi connectivity index (χ0n) is 16.5. The number of benzene rings is 1. The van der Waals surface area contributed by atoms with Crippen LogP contribution in [0, 0.1) is 0 Å². The molecule has 1 fully saturated rings. The molecule has 152 valence electrons. The molecule has 0 radical (unpaired) electrons. The van der Waals surface area contributed by atoms with Crippen LogP contribution in [-0.4, -0.2) is 41.4 Å². The van der Waals surface area contributed by atoms with E-state index in [0.717, 1.165) is 10.6 Å². The van der Waals surface area contributed by atoms with Crippen molar-refractivity contribution < 1.29 is 13.2 Å². The first-order valence-electron chi connectivity index (χ1n) is 9.42. The van der Waals surface area contributed by atoms with Crippen molar-refractivity contribution in [2.75, 3.05) is 22.6 Å². The molecule has 1 amide bonds. The first-order chi connectivity index (χ1) is 13.1. The van der Waals surface area contributed by atoms with Crippen molar-refractivity contribution in [2.24, 2.45) is 0 Å². The van der Waals surface area contributed by atoms with Gasteiger partial charge in [-0.25, -0.2) is 13.1 Å². The van der Waals surface area contributed by atoms with Crippen molar-refractivity contribution >= 4 is 33.3 Å². The van der Waals surface area contributed by atoms with Crippen LogP contribution < -0.4 is 5.32 Å². The summed E-state index contributed by atoms with van der Waals surface area (Å²) in [6, 6.07) is 11.6. The summed E-state index contributed by atoms with van der Waals surface area (Å²) in [6.07, 6.45) is 0.902. The largest absolute Gasteiger partial charge is 0.311 e. The summed E-state index contributed by atoms with van der Waals surface area (Å²) in [7, 11) is -3.04. The zero-order chi connectivity index (χ0) is 20.4.